The molecule has 5 nitrogen and oxygen atoms in total. The largest absolute Gasteiger partial charge is 0.373 e. The minimum Gasteiger partial charge on any atom is -0.373 e. The van der Waals surface area contributed by atoms with Crippen molar-refractivity contribution in [3.8, 4) is 0 Å². The van der Waals surface area contributed by atoms with Crippen LogP contribution in [0.4, 0.5) is 5.82 Å². The smallest absolute Gasteiger partial charge is 0.216 e. The summed E-state index contributed by atoms with van der Waals surface area (Å²) < 4.78 is 0. The van der Waals surface area contributed by atoms with E-state index in [9.17, 15) is 4.79 Å². The number of nitrogens with one attached hydrogen (secondary N) is 2. The quantitative estimate of drug-likeness (QED) is 0.855. The van der Waals surface area contributed by atoms with Crippen LogP contribution < -0.4 is 10.6 Å². The van der Waals surface area contributed by atoms with Gasteiger partial charge in [0, 0.05) is 33.3 Å². The first kappa shape index (κ1) is 14.8. The third-order valence-corrected chi connectivity index (χ3v) is 3.83. The van der Waals surface area contributed by atoms with Crippen LogP contribution in [-0.4, -0.2) is 42.5 Å². The van der Waals surface area contributed by atoms with Crippen LogP contribution in [0, 0.1) is 5.92 Å². The molecular formula is C15H24N4O. The molecule has 110 valence electrons. The van der Waals surface area contributed by atoms with Gasteiger partial charge < -0.3 is 10.6 Å². The van der Waals surface area contributed by atoms with Crippen molar-refractivity contribution in [1.82, 2.24) is 15.2 Å². The molecule has 0 radical (unpaired) electrons. The van der Waals surface area contributed by atoms with E-state index in [1.165, 1.54) is 5.56 Å². The van der Waals surface area contributed by atoms with Gasteiger partial charge >= 0.3 is 0 Å². The topological polar surface area (TPSA) is 57.3 Å². The molecule has 1 aliphatic heterocycles. The van der Waals surface area contributed by atoms with E-state index in [1.54, 1.807) is 6.92 Å². The second-order valence-corrected chi connectivity index (χ2v) is 5.46. The molecule has 5 heteroatoms. The van der Waals surface area contributed by atoms with Crippen LogP contribution in [-0.2, 0) is 11.3 Å². The molecule has 0 unspecified atom stereocenters. The molecule has 0 saturated carbocycles. The van der Waals surface area contributed by atoms with Crippen molar-refractivity contribution in [1.29, 1.82) is 0 Å². The lowest BCUT2D eigenvalue weighted by molar-refractivity contribution is -0.119. The van der Waals surface area contributed by atoms with Gasteiger partial charge in [0.1, 0.15) is 5.82 Å². The van der Waals surface area contributed by atoms with Crippen molar-refractivity contribution in [3.05, 3.63) is 23.9 Å². The number of anilines is 1. The first-order valence-corrected chi connectivity index (χ1v) is 7.27. The Morgan fingerprint density at radius 2 is 2.20 bits per heavy atom. The van der Waals surface area contributed by atoms with Crippen LogP contribution >= 0.6 is 0 Å². The zero-order chi connectivity index (χ0) is 14.4. The molecule has 2 heterocycles. The lowest BCUT2D eigenvalue weighted by Gasteiger charge is -2.32. The highest BCUT2D eigenvalue weighted by Crippen LogP contribution is 2.19. The molecule has 1 aromatic heterocycles. The third kappa shape index (κ3) is 4.49. The maximum atomic E-state index is 10.9. The molecule has 20 heavy (non-hydrogen) atoms. The fourth-order valence-electron chi connectivity index (χ4n) is 2.60. The summed E-state index contributed by atoms with van der Waals surface area (Å²) in [6.07, 6.45) is 4.17. The molecule has 1 aliphatic rings. The summed E-state index contributed by atoms with van der Waals surface area (Å²) >= 11 is 0. The van der Waals surface area contributed by atoms with Gasteiger partial charge in [-0.15, -0.1) is 0 Å². The normalized spacial score (nSPS) is 16.9. The first-order chi connectivity index (χ1) is 9.67. The van der Waals surface area contributed by atoms with Crippen LogP contribution in [0.15, 0.2) is 18.3 Å². The highest BCUT2D eigenvalue weighted by atomic mass is 16.1. The Kier molecular flexibility index (Phi) is 5.35. The molecule has 0 bridgehead atoms. The highest BCUT2D eigenvalue weighted by molar-refractivity contribution is 5.72. The summed E-state index contributed by atoms with van der Waals surface area (Å²) in [6.45, 7) is 5.58. The van der Waals surface area contributed by atoms with Crippen molar-refractivity contribution in [2.24, 2.45) is 5.92 Å². The van der Waals surface area contributed by atoms with Crippen molar-refractivity contribution in [2.75, 3.05) is 32.0 Å². The van der Waals surface area contributed by atoms with E-state index >= 15 is 0 Å². The maximum Gasteiger partial charge on any atom is 0.216 e. The highest BCUT2D eigenvalue weighted by Gasteiger charge is 2.19. The zero-order valence-electron chi connectivity index (χ0n) is 12.4. The predicted molar refractivity (Wildman–Crippen MR) is 80.5 cm³/mol. The Morgan fingerprint density at radius 3 is 2.85 bits per heavy atom. The van der Waals surface area contributed by atoms with Gasteiger partial charge in [-0.2, -0.15) is 0 Å². The SMILES string of the molecule is CNc1cc(CN2CCC(CNC(C)=O)CC2)ccn1. The maximum absolute atomic E-state index is 10.9. The Morgan fingerprint density at radius 1 is 1.45 bits per heavy atom. The van der Waals surface area contributed by atoms with E-state index in [-0.39, 0.29) is 5.91 Å². The molecule has 1 fully saturated rings. The Hall–Kier alpha value is -1.62. The van der Waals surface area contributed by atoms with Gasteiger partial charge in [-0.25, -0.2) is 4.98 Å². The van der Waals surface area contributed by atoms with E-state index < -0.39 is 0 Å². The number of rotatable bonds is 5. The molecule has 0 spiro atoms. The zero-order valence-corrected chi connectivity index (χ0v) is 12.4. The number of hydrogen-bond acceptors (Lipinski definition) is 4. The van der Waals surface area contributed by atoms with Crippen LogP contribution in [0.25, 0.3) is 0 Å². The number of piperidine rings is 1. The second-order valence-electron chi connectivity index (χ2n) is 5.46. The Labute approximate surface area is 120 Å². The third-order valence-electron chi connectivity index (χ3n) is 3.83. The van der Waals surface area contributed by atoms with E-state index in [4.69, 9.17) is 0 Å². The predicted octanol–water partition coefficient (Wildman–Crippen LogP) is 1.47. The molecule has 1 saturated heterocycles. The van der Waals surface area contributed by atoms with Gasteiger partial charge in [-0.3, -0.25) is 9.69 Å². The van der Waals surface area contributed by atoms with Crippen LogP contribution in [0.5, 0.6) is 0 Å². The standard InChI is InChI=1S/C15H24N4O/c1-12(20)18-10-13-4-7-19(8-5-13)11-14-3-6-17-15(9-14)16-2/h3,6,9,13H,4-5,7-8,10-11H2,1-2H3,(H,16,17)(H,18,20). The Balaban J connectivity index is 1.77. The molecule has 0 aliphatic carbocycles. The average Bonchev–Trinajstić information content (AvgIpc) is 2.47. The summed E-state index contributed by atoms with van der Waals surface area (Å²) in [5.74, 6) is 1.62. The number of likely N-dealkylation sites (tertiary alicyclic amines) is 1. The lowest BCUT2D eigenvalue weighted by atomic mass is 9.96. The van der Waals surface area contributed by atoms with Crippen LogP contribution in [0.2, 0.25) is 0 Å². The molecule has 0 aromatic carbocycles. The van der Waals surface area contributed by atoms with E-state index in [2.05, 4.69) is 32.7 Å². The first-order valence-electron chi connectivity index (χ1n) is 7.27. The second kappa shape index (κ2) is 7.24. The van der Waals surface area contributed by atoms with E-state index in [0.29, 0.717) is 5.92 Å². The van der Waals surface area contributed by atoms with Crippen molar-refractivity contribution >= 4 is 11.7 Å². The molecule has 2 N–H and O–H groups in total. The van der Waals surface area contributed by atoms with Gasteiger partial charge in [0.05, 0.1) is 0 Å². The van der Waals surface area contributed by atoms with Crippen molar-refractivity contribution in [3.63, 3.8) is 0 Å². The fourth-order valence-corrected chi connectivity index (χ4v) is 2.60. The summed E-state index contributed by atoms with van der Waals surface area (Å²) in [5, 5.41) is 5.99. The minimum atomic E-state index is 0.0730. The summed E-state index contributed by atoms with van der Waals surface area (Å²) in [5.41, 5.74) is 1.30. The summed E-state index contributed by atoms with van der Waals surface area (Å²) in [6, 6.07) is 4.17. The molecule has 0 atom stereocenters. The molecule has 2 rings (SSSR count). The van der Waals surface area contributed by atoms with Crippen LogP contribution in [0.1, 0.15) is 25.3 Å². The molecular weight excluding hydrogens is 252 g/mol. The van der Waals surface area contributed by atoms with Crippen molar-refractivity contribution < 1.29 is 4.79 Å². The molecule has 1 aromatic rings. The van der Waals surface area contributed by atoms with Gasteiger partial charge in [0.25, 0.3) is 0 Å². The minimum absolute atomic E-state index is 0.0730. The number of carbonyl (C=O) groups excluding carboxylic acids is 1. The fraction of sp³-hybridized carbons (Fsp3) is 0.600. The van der Waals surface area contributed by atoms with Gasteiger partial charge in [0.15, 0.2) is 0 Å². The van der Waals surface area contributed by atoms with Gasteiger partial charge in [-0.1, -0.05) is 0 Å². The van der Waals surface area contributed by atoms with Crippen molar-refractivity contribution in [2.45, 2.75) is 26.3 Å². The monoisotopic (exact) mass is 276 g/mol. The number of nitrogens with zero attached hydrogens (tertiary/aromatic N) is 2. The average molecular weight is 276 g/mol. The number of amides is 1. The number of carbonyl (C=O) groups is 1. The molecule has 1 amide bonds. The van der Waals surface area contributed by atoms with E-state index in [0.717, 1.165) is 44.8 Å². The number of aromatic nitrogens is 1. The van der Waals surface area contributed by atoms with Gasteiger partial charge in [0.2, 0.25) is 5.91 Å². The summed E-state index contributed by atoms with van der Waals surface area (Å²) in [7, 11) is 1.89. The number of hydrogen-bond donors (Lipinski definition) is 2. The Bertz CT molecular complexity index is 441. The van der Waals surface area contributed by atoms with Gasteiger partial charge in [-0.05, 0) is 49.5 Å². The lowest BCUT2D eigenvalue weighted by Crippen LogP contribution is -2.37. The number of pyridine rings is 1. The summed E-state index contributed by atoms with van der Waals surface area (Å²) in [4.78, 5) is 17.6. The van der Waals surface area contributed by atoms with E-state index in [1.807, 2.05) is 13.2 Å². The van der Waals surface area contributed by atoms with Crippen LogP contribution in [0.3, 0.4) is 0 Å².